The van der Waals surface area contributed by atoms with Gasteiger partial charge in [0.25, 0.3) is 0 Å². The number of hydrogen-bond acceptors (Lipinski definition) is 6. The van der Waals surface area contributed by atoms with E-state index in [2.05, 4.69) is 15.1 Å². The molecule has 0 radical (unpaired) electrons. The Morgan fingerprint density at radius 1 is 1.17 bits per heavy atom. The van der Waals surface area contributed by atoms with Crippen LogP contribution in [-0.4, -0.2) is 110 Å². The number of ether oxygens (including phenoxy) is 1. The molecule has 1 saturated carbocycles. The Morgan fingerprint density at radius 2 is 1.94 bits per heavy atom. The number of hydrogen-bond donors (Lipinski definition) is 1. The van der Waals surface area contributed by atoms with Gasteiger partial charge in [-0.15, -0.1) is 0 Å². The molecule has 1 aliphatic carbocycles. The Kier molecular flexibility index (Phi) is 9.29. The summed E-state index contributed by atoms with van der Waals surface area (Å²) in [6.07, 6.45) is 2.98. The molecule has 0 bridgehead atoms. The highest BCUT2D eigenvalue weighted by Crippen LogP contribution is 2.32. The highest BCUT2D eigenvalue weighted by atomic mass is 35.5. The third-order valence-corrected chi connectivity index (χ3v) is 8.43. The average Bonchev–Trinajstić information content (AvgIpc) is 2.86. The summed E-state index contributed by atoms with van der Waals surface area (Å²) in [5.41, 5.74) is 0.899. The predicted molar refractivity (Wildman–Crippen MR) is 137 cm³/mol. The predicted octanol–water partition coefficient (Wildman–Crippen LogP) is 2.14. The molecule has 2 heterocycles. The molecule has 3 fully saturated rings. The maximum atomic E-state index is 13.4. The Balaban J connectivity index is 1.29. The maximum Gasteiger partial charge on any atom is 0.242 e. The fraction of sp³-hybridized carbons (Fsp3) is 0.680. The molecule has 3 aliphatic rings. The molecule has 2 aliphatic heterocycles. The van der Waals surface area contributed by atoms with E-state index in [4.69, 9.17) is 27.9 Å². The smallest absolute Gasteiger partial charge is 0.242 e. The quantitative estimate of drug-likeness (QED) is 0.560. The molecule has 194 valence electrons. The van der Waals surface area contributed by atoms with Crippen molar-refractivity contribution >= 4 is 35.0 Å². The second kappa shape index (κ2) is 12.2. The summed E-state index contributed by atoms with van der Waals surface area (Å²) in [5, 5.41) is 4.48. The molecule has 1 aromatic carbocycles. The monoisotopic (exact) mass is 525 g/mol. The molecule has 1 aromatic rings. The molecule has 3 unspecified atom stereocenters. The summed E-state index contributed by atoms with van der Waals surface area (Å²) >= 11 is 12.1. The van der Waals surface area contributed by atoms with E-state index in [0.29, 0.717) is 29.3 Å². The molecule has 10 heteroatoms. The lowest BCUT2D eigenvalue weighted by atomic mass is 9.79. The zero-order valence-corrected chi connectivity index (χ0v) is 22.2. The van der Waals surface area contributed by atoms with Crippen LogP contribution >= 0.6 is 23.2 Å². The zero-order valence-electron chi connectivity index (χ0n) is 20.7. The van der Waals surface area contributed by atoms with E-state index in [-0.39, 0.29) is 30.3 Å². The fourth-order valence-electron chi connectivity index (χ4n) is 5.53. The van der Waals surface area contributed by atoms with Gasteiger partial charge in [-0.05, 0) is 37.0 Å². The molecule has 2 amide bonds. The van der Waals surface area contributed by atoms with Gasteiger partial charge >= 0.3 is 0 Å². The van der Waals surface area contributed by atoms with Crippen molar-refractivity contribution in [2.45, 2.75) is 37.9 Å². The van der Waals surface area contributed by atoms with Gasteiger partial charge in [-0.2, -0.15) is 0 Å². The summed E-state index contributed by atoms with van der Waals surface area (Å²) in [4.78, 5) is 34.6. The van der Waals surface area contributed by atoms with Gasteiger partial charge in [-0.25, -0.2) is 0 Å². The van der Waals surface area contributed by atoms with Gasteiger partial charge < -0.3 is 14.5 Å². The molecular formula is C25H37Cl2N5O3. The van der Waals surface area contributed by atoms with Crippen molar-refractivity contribution in [2.75, 3.05) is 66.7 Å². The van der Waals surface area contributed by atoms with Crippen molar-refractivity contribution in [3.05, 3.63) is 33.8 Å². The first kappa shape index (κ1) is 26.6. The van der Waals surface area contributed by atoms with Crippen LogP contribution in [0.5, 0.6) is 0 Å². The van der Waals surface area contributed by atoms with Crippen molar-refractivity contribution in [3.8, 4) is 0 Å². The van der Waals surface area contributed by atoms with Crippen molar-refractivity contribution in [2.24, 2.45) is 5.92 Å². The Morgan fingerprint density at radius 3 is 2.66 bits per heavy atom. The number of carbonyl (C=O) groups is 2. The summed E-state index contributed by atoms with van der Waals surface area (Å²) in [5.74, 6) is -0.0557. The minimum atomic E-state index is -0.0933. The van der Waals surface area contributed by atoms with Crippen LogP contribution in [0.2, 0.25) is 10.0 Å². The molecular weight excluding hydrogens is 489 g/mol. The van der Waals surface area contributed by atoms with Crippen LogP contribution in [0, 0.1) is 5.92 Å². The highest BCUT2D eigenvalue weighted by Gasteiger charge is 2.42. The van der Waals surface area contributed by atoms with Crippen LogP contribution in [0.25, 0.3) is 0 Å². The number of rotatable bonds is 8. The van der Waals surface area contributed by atoms with Crippen LogP contribution < -0.4 is 5.32 Å². The molecule has 35 heavy (non-hydrogen) atoms. The number of likely N-dealkylation sites (N-methyl/N-ethyl adjacent to an activating group) is 1. The van der Waals surface area contributed by atoms with E-state index in [1.807, 2.05) is 6.07 Å². The summed E-state index contributed by atoms with van der Waals surface area (Å²) in [7, 11) is 3.49. The number of benzene rings is 1. The molecule has 1 N–H and O–H groups in total. The third kappa shape index (κ3) is 6.67. The molecule has 4 rings (SSSR count). The Bertz CT molecular complexity index is 896. The molecule has 8 nitrogen and oxygen atoms in total. The topological polar surface area (TPSA) is 68.4 Å². The van der Waals surface area contributed by atoms with E-state index in [9.17, 15) is 9.59 Å². The van der Waals surface area contributed by atoms with Gasteiger partial charge in [0.2, 0.25) is 11.8 Å². The van der Waals surface area contributed by atoms with Crippen molar-refractivity contribution in [3.63, 3.8) is 0 Å². The number of fused-ring (bicyclic) bond motifs is 1. The first-order valence-corrected chi connectivity index (χ1v) is 13.3. The van der Waals surface area contributed by atoms with Crippen LogP contribution in [0.15, 0.2) is 18.2 Å². The number of amides is 2. The first-order chi connectivity index (χ1) is 16.9. The fourth-order valence-corrected chi connectivity index (χ4v) is 5.85. The molecule has 0 aromatic heterocycles. The number of halogens is 2. The molecule has 0 spiro atoms. The van der Waals surface area contributed by atoms with Gasteiger partial charge in [0.1, 0.15) is 6.54 Å². The molecule has 2 saturated heterocycles. The SMILES string of the molecule is COCCN1CCN(C2CCC3NCN(CC(=O)N(C)Cc4ccc(Cl)c(Cl)c4)C(=O)C3C2)CC1. The third-order valence-electron chi connectivity index (χ3n) is 7.69. The average molecular weight is 527 g/mol. The van der Waals surface area contributed by atoms with E-state index < -0.39 is 0 Å². The zero-order chi connectivity index (χ0) is 24.9. The second-order valence-corrected chi connectivity index (χ2v) is 10.8. The van der Waals surface area contributed by atoms with Crippen LogP contribution in [-0.2, 0) is 20.9 Å². The van der Waals surface area contributed by atoms with Crippen LogP contribution in [0.1, 0.15) is 24.8 Å². The van der Waals surface area contributed by atoms with E-state index in [1.54, 1.807) is 36.1 Å². The number of nitrogens with zero attached hydrogens (tertiary/aromatic N) is 4. The number of carbonyl (C=O) groups excluding carboxylic acids is 2. The lowest BCUT2D eigenvalue weighted by Crippen LogP contribution is -2.62. The van der Waals surface area contributed by atoms with E-state index in [1.165, 1.54) is 0 Å². The van der Waals surface area contributed by atoms with Crippen LogP contribution in [0.3, 0.4) is 0 Å². The standard InChI is InChI=1S/C25H37Cl2N5O3/c1-29(15-18-3-5-21(26)22(27)13-18)24(33)16-32-17-28-23-6-4-19(14-20(23)25(32)34)31-9-7-30(8-10-31)11-12-35-2/h3,5,13,19-20,23,28H,4,6-12,14-17H2,1-2H3. The first-order valence-electron chi connectivity index (χ1n) is 12.5. The number of nitrogens with one attached hydrogen (secondary N) is 1. The highest BCUT2D eigenvalue weighted by molar-refractivity contribution is 6.42. The van der Waals surface area contributed by atoms with Gasteiger partial charge in [-0.1, -0.05) is 29.3 Å². The van der Waals surface area contributed by atoms with Gasteiger partial charge in [0.15, 0.2) is 0 Å². The van der Waals surface area contributed by atoms with Crippen molar-refractivity contribution < 1.29 is 14.3 Å². The second-order valence-electron chi connectivity index (χ2n) is 9.95. The summed E-state index contributed by atoms with van der Waals surface area (Å²) in [6.45, 7) is 6.83. The molecule has 3 atom stereocenters. The maximum absolute atomic E-state index is 13.4. The number of piperazine rings is 1. The summed E-state index contributed by atoms with van der Waals surface area (Å²) < 4.78 is 5.21. The Labute approximate surface area is 218 Å². The largest absolute Gasteiger partial charge is 0.383 e. The minimum absolute atomic E-state index is 0.0674. The van der Waals surface area contributed by atoms with E-state index >= 15 is 0 Å². The summed E-state index contributed by atoms with van der Waals surface area (Å²) in [6, 6.07) is 6.00. The van der Waals surface area contributed by atoms with Crippen molar-refractivity contribution in [1.82, 2.24) is 24.9 Å². The van der Waals surface area contributed by atoms with Crippen molar-refractivity contribution in [1.29, 1.82) is 0 Å². The van der Waals surface area contributed by atoms with E-state index in [0.717, 1.165) is 64.2 Å². The lowest BCUT2D eigenvalue weighted by Gasteiger charge is -2.47. The normalized spacial score (nSPS) is 26.0. The van der Waals surface area contributed by atoms with Gasteiger partial charge in [0.05, 0.1) is 29.2 Å². The lowest BCUT2D eigenvalue weighted by molar-refractivity contribution is -0.148. The Hall–Kier alpha value is -1.42. The van der Waals surface area contributed by atoms with Gasteiger partial charge in [0, 0.05) is 65.5 Å². The van der Waals surface area contributed by atoms with Crippen LogP contribution in [0.4, 0.5) is 0 Å². The van der Waals surface area contributed by atoms with Gasteiger partial charge in [-0.3, -0.25) is 24.7 Å². The number of methoxy groups -OCH3 is 1. The minimum Gasteiger partial charge on any atom is -0.383 e.